The molecule has 4 atom stereocenters. The number of fused-ring (bicyclic) bond motifs is 2. The van der Waals surface area contributed by atoms with Crippen molar-refractivity contribution in [2.75, 3.05) is 7.11 Å². The van der Waals surface area contributed by atoms with Crippen LogP contribution in [-0.2, 0) is 4.74 Å². The lowest BCUT2D eigenvalue weighted by Gasteiger charge is -2.57. The van der Waals surface area contributed by atoms with Crippen LogP contribution in [0.25, 0.3) is 0 Å². The predicted octanol–water partition coefficient (Wildman–Crippen LogP) is 3.23. The molecule has 2 fully saturated rings. The lowest BCUT2D eigenvalue weighted by atomic mass is 9.54. The number of aliphatic hydroxyl groups is 1. The number of methoxy groups -OCH3 is 1. The van der Waals surface area contributed by atoms with Crippen molar-refractivity contribution in [1.29, 1.82) is 1.43 Å². The van der Waals surface area contributed by atoms with E-state index in [1.54, 1.807) is 0 Å². The van der Waals surface area contributed by atoms with Gasteiger partial charge in [-0.05, 0) is 50.9 Å². The topological polar surface area (TPSA) is 29.5 Å². The van der Waals surface area contributed by atoms with Crippen molar-refractivity contribution in [1.82, 2.24) is 0 Å². The molecule has 1 N–H and O–H groups in total. The predicted molar refractivity (Wildman–Crippen MR) is 69.8 cm³/mol. The zero-order valence-corrected chi connectivity index (χ0v) is 12.4. The summed E-state index contributed by atoms with van der Waals surface area (Å²) in [5, 5.41) is 5.15. The second kappa shape index (κ2) is 3.27. The van der Waals surface area contributed by atoms with E-state index in [2.05, 4.69) is 27.7 Å². The van der Waals surface area contributed by atoms with E-state index in [-0.39, 0.29) is 16.4 Å². The second-order valence-corrected chi connectivity index (χ2v) is 7.54. The summed E-state index contributed by atoms with van der Waals surface area (Å²) in [6.45, 7) is 13.3. The van der Waals surface area contributed by atoms with Gasteiger partial charge >= 0.3 is 0 Å². The summed E-state index contributed by atoms with van der Waals surface area (Å²) in [5.41, 5.74) is -0.657. The molecule has 0 heterocycles. The van der Waals surface area contributed by atoms with Crippen LogP contribution in [0.1, 0.15) is 54.4 Å². The second-order valence-electron chi connectivity index (χ2n) is 7.54. The van der Waals surface area contributed by atoms with Crippen LogP contribution < -0.4 is 0 Å². The van der Waals surface area contributed by atoms with Crippen molar-refractivity contribution >= 4 is 0 Å². The van der Waals surface area contributed by atoms with Gasteiger partial charge in [0.1, 0.15) is 0 Å². The van der Waals surface area contributed by atoms with Crippen LogP contribution in [0.5, 0.6) is 0 Å². The third kappa shape index (κ3) is 1.24. The van der Waals surface area contributed by atoms with Gasteiger partial charge in [0.05, 0.1) is 11.2 Å². The van der Waals surface area contributed by atoms with Crippen LogP contribution in [-0.4, -0.2) is 24.9 Å². The normalized spacial score (nSPS) is 49.5. The van der Waals surface area contributed by atoms with E-state index in [0.717, 1.165) is 12.8 Å². The molecule has 2 saturated carbocycles. The lowest BCUT2D eigenvalue weighted by molar-refractivity contribution is -0.223. The Morgan fingerprint density at radius 3 is 2.35 bits per heavy atom. The molecule has 2 bridgehead atoms. The lowest BCUT2D eigenvalue weighted by Crippen LogP contribution is -2.62. The maximum Gasteiger partial charge on any atom is 0.211 e. The minimum Gasteiger partial charge on any atom is -0.390 e. The van der Waals surface area contributed by atoms with Crippen molar-refractivity contribution in [3.05, 3.63) is 0 Å². The minimum absolute atomic E-state index is 0.0654. The van der Waals surface area contributed by atoms with Crippen LogP contribution in [0.3, 0.4) is 0 Å². The van der Waals surface area contributed by atoms with Crippen LogP contribution in [0.4, 0.5) is 0 Å². The first kappa shape index (κ1) is 12.0. The molecule has 0 aromatic heterocycles. The van der Waals surface area contributed by atoms with Gasteiger partial charge < -0.3 is 9.85 Å². The van der Waals surface area contributed by atoms with E-state index in [0.29, 0.717) is 11.8 Å². The summed E-state index contributed by atoms with van der Waals surface area (Å²) in [6.07, 6.45) is 2.20. The molecule has 0 aromatic rings. The van der Waals surface area contributed by atoms with Gasteiger partial charge in [0.2, 0.25) is 1.43 Å². The van der Waals surface area contributed by atoms with Gasteiger partial charge in [-0.25, -0.2) is 0 Å². The summed E-state index contributed by atoms with van der Waals surface area (Å²) in [7, 11) is 1.81. The average molecular weight is 242 g/mol. The number of ether oxygens (including phenoxy) is 1. The zero-order valence-electron chi connectivity index (χ0n) is 13.4. The summed E-state index contributed by atoms with van der Waals surface area (Å²) in [5.74, 6) is 1.33. The fourth-order valence-electron chi connectivity index (χ4n) is 5.20. The quantitative estimate of drug-likeness (QED) is 0.823. The molecular formula is C15H28O2. The SMILES string of the molecule is [3H]OC(C)(C)C12CC([C@H](C)C1)C(C)(C)[C@]2(C)OC. The van der Waals surface area contributed by atoms with Gasteiger partial charge in [0.15, 0.2) is 0 Å². The fraction of sp³-hybridized carbons (Fsp3) is 1.00. The van der Waals surface area contributed by atoms with Crippen molar-refractivity contribution in [3.8, 4) is 0 Å². The molecule has 0 aliphatic heterocycles. The molecule has 2 aliphatic rings. The minimum atomic E-state index is -0.478. The molecule has 0 aromatic carbocycles. The Morgan fingerprint density at radius 1 is 1.29 bits per heavy atom. The number of rotatable bonds is 3. The standard InChI is InChI=1S/C15H28O2/c1-10-8-15(13(4,5)16)9-11(10)12(2,3)14(15,6)17-7/h10-11,16H,8-9H2,1-7H3/t10-,11?,14+,15?/m1/s1/i16T. The van der Waals surface area contributed by atoms with E-state index >= 15 is 0 Å². The summed E-state index contributed by atoms with van der Waals surface area (Å²) >= 11 is 0. The summed E-state index contributed by atoms with van der Waals surface area (Å²) in [6, 6.07) is 0. The van der Waals surface area contributed by atoms with Crippen molar-refractivity contribution in [2.24, 2.45) is 22.7 Å². The molecule has 2 aliphatic carbocycles. The Hall–Kier alpha value is -0.0800. The van der Waals surface area contributed by atoms with E-state index in [1.165, 1.54) is 0 Å². The number of hydrogen-bond acceptors (Lipinski definition) is 2. The Morgan fingerprint density at radius 2 is 1.88 bits per heavy atom. The molecule has 2 heteroatoms. The molecule has 100 valence electrons. The van der Waals surface area contributed by atoms with Crippen LogP contribution >= 0.6 is 0 Å². The van der Waals surface area contributed by atoms with Crippen molar-refractivity contribution in [3.63, 3.8) is 0 Å². The third-order valence-electron chi connectivity index (χ3n) is 6.56. The van der Waals surface area contributed by atoms with Gasteiger partial charge in [-0.3, -0.25) is 0 Å². The molecular weight excluding hydrogens is 212 g/mol. The Kier molecular flexibility index (Phi) is 2.30. The molecule has 17 heavy (non-hydrogen) atoms. The van der Waals surface area contributed by atoms with Gasteiger partial charge in [-0.2, -0.15) is 0 Å². The highest BCUT2D eigenvalue weighted by Crippen LogP contribution is 2.73. The maximum absolute atomic E-state index is 7.51. The molecule has 0 amide bonds. The van der Waals surface area contributed by atoms with E-state index < -0.39 is 5.60 Å². The monoisotopic (exact) mass is 242 g/mol. The van der Waals surface area contributed by atoms with Gasteiger partial charge in [-0.1, -0.05) is 20.8 Å². The van der Waals surface area contributed by atoms with Gasteiger partial charge in [-0.15, -0.1) is 0 Å². The maximum atomic E-state index is 7.51. The summed E-state index contributed by atoms with van der Waals surface area (Å²) < 4.78 is 13.5. The fourth-order valence-corrected chi connectivity index (χ4v) is 5.20. The van der Waals surface area contributed by atoms with Crippen molar-refractivity contribution in [2.45, 2.75) is 65.6 Å². The van der Waals surface area contributed by atoms with Crippen LogP contribution in [0.15, 0.2) is 0 Å². The van der Waals surface area contributed by atoms with Crippen LogP contribution in [0.2, 0.25) is 0 Å². The first-order chi connectivity index (χ1) is 8.09. The third-order valence-corrected chi connectivity index (χ3v) is 6.56. The highest BCUT2D eigenvalue weighted by Gasteiger charge is 2.75. The highest BCUT2D eigenvalue weighted by molar-refractivity contribution is 5.24. The molecule has 2 rings (SSSR count). The smallest absolute Gasteiger partial charge is 0.211 e. The largest absolute Gasteiger partial charge is 0.390 e. The molecule has 0 spiro atoms. The average Bonchev–Trinajstić information content (AvgIpc) is 2.74. The zero-order chi connectivity index (χ0) is 14.0. The Bertz CT molecular complexity index is 352. The first-order valence-corrected chi connectivity index (χ1v) is 6.79. The molecule has 0 radical (unpaired) electrons. The number of hydrogen-bond donors (Lipinski definition) is 1. The van der Waals surface area contributed by atoms with Gasteiger partial charge in [0.25, 0.3) is 0 Å². The van der Waals surface area contributed by atoms with E-state index in [1.807, 2.05) is 21.0 Å². The molecule has 2 unspecified atom stereocenters. The summed E-state index contributed by atoms with van der Waals surface area (Å²) in [4.78, 5) is 0. The van der Waals surface area contributed by atoms with E-state index in [4.69, 9.17) is 11.3 Å². The highest BCUT2D eigenvalue weighted by atomic mass is 16.5. The Balaban J connectivity index is 2.59. The Labute approximate surface area is 107 Å². The van der Waals surface area contributed by atoms with Crippen molar-refractivity contribution < 1.29 is 9.85 Å². The van der Waals surface area contributed by atoms with Gasteiger partial charge in [0, 0.05) is 12.5 Å². The van der Waals surface area contributed by atoms with Crippen LogP contribution in [0, 0.1) is 22.7 Å². The van der Waals surface area contributed by atoms with E-state index in [9.17, 15) is 0 Å². The first-order valence-electron chi connectivity index (χ1n) is 7.20. The molecule has 0 saturated heterocycles. The molecule has 2 nitrogen and oxygen atoms in total.